The highest BCUT2D eigenvalue weighted by atomic mass is 16.2. The summed E-state index contributed by atoms with van der Waals surface area (Å²) in [7, 11) is 0. The van der Waals surface area contributed by atoms with Crippen LogP contribution in [0.5, 0.6) is 0 Å². The number of amides is 3. The first kappa shape index (κ1) is 27.6. The molecule has 1 heterocycles. The number of hydrogen-bond donors (Lipinski definition) is 2. The SMILES string of the molecule is CC1(C)C2CC(C(=O)[C@@H](CC3CCCCC3)C3CCCCC3)N(C(=O)NC(CC3CCC3)C(=O)C(N)=O)[C@@H]21. The fraction of sp³-hybridized carbons (Fsp3) is 0.871. The minimum atomic E-state index is -1.00. The van der Waals surface area contributed by atoms with Gasteiger partial charge in [0.1, 0.15) is 0 Å². The molecule has 4 saturated carbocycles. The lowest BCUT2D eigenvalue weighted by atomic mass is 9.70. The van der Waals surface area contributed by atoms with Gasteiger partial charge >= 0.3 is 6.03 Å². The number of fused-ring (bicyclic) bond motifs is 1. The van der Waals surface area contributed by atoms with Crippen LogP contribution in [0.4, 0.5) is 4.79 Å². The number of ketones is 2. The molecule has 7 heteroatoms. The molecule has 5 atom stereocenters. The molecule has 212 valence electrons. The van der Waals surface area contributed by atoms with Gasteiger partial charge in [-0.2, -0.15) is 0 Å². The summed E-state index contributed by atoms with van der Waals surface area (Å²) < 4.78 is 0. The van der Waals surface area contributed by atoms with Crippen LogP contribution >= 0.6 is 0 Å². The van der Waals surface area contributed by atoms with E-state index in [2.05, 4.69) is 19.2 Å². The zero-order valence-corrected chi connectivity index (χ0v) is 23.6. The van der Waals surface area contributed by atoms with E-state index in [1.165, 1.54) is 51.4 Å². The van der Waals surface area contributed by atoms with Gasteiger partial charge in [0.25, 0.3) is 5.91 Å². The summed E-state index contributed by atoms with van der Waals surface area (Å²) in [6.07, 6.45) is 17.4. The van der Waals surface area contributed by atoms with Gasteiger partial charge in [-0.3, -0.25) is 14.4 Å². The highest BCUT2D eigenvalue weighted by Gasteiger charge is 2.69. The van der Waals surface area contributed by atoms with E-state index in [9.17, 15) is 19.2 Å². The number of nitrogens with zero attached hydrogens (tertiary/aromatic N) is 1. The molecule has 38 heavy (non-hydrogen) atoms. The van der Waals surface area contributed by atoms with Crippen molar-refractivity contribution in [3.05, 3.63) is 0 Å². The highest BCUT2D eigenvalue weighted by Crippen LogP contribution is 2.63. The summed E-state index contributed by atoms with van der Waals surface area (Å²) in [5.41, 5.74) is 5.33. The maximum absolute atomic E-state index is 14.4. The van der Waals surface area contributed by atoms with Gasteiger partial charge in [0, 0.05) is 12.0 Å². The van der Waals surface area contributed by atoms with Crippen molar-refractivity contribution in [1.82, 2.24) is 10.2 Å². The molecule has 3 amide bonds. The molecule has 3 unspecified atom stereocenters. The Morgan fingerprint density at radius 1 is 0.842 bits per heavy atom. The van der Waals surface area contributed by atoms with Gasteiger partial charge in [-0.15, -0.1) is 0 Å². The summed E-state index contributed by atoms with van der Waals surface area (Å²) in [4.78, 5) is 54.5. The Labute approximate surface area is 228 Å². The first-order valence-corrected chi connectivity index (χ1v) is 15.6. The van der Waals surface area contributed by atoms with Crippen LogP contribution in [0.1, 0.15) is 117 Å². The van der Waals surface area contributed by atoms with Gasteiger partial charge in [0.05, 0.1) is 12.1 Å². The molecule has 1 saturated heterocycles. The van der Waals surface area contributed by atoms with Crippen molar-refractivity contribution in [2.24, 2.45) is 40.7 Å². The Bertz CT molecular complexity index is 916. The topological polar surface area (TPSA) is 110 Å². The van der Waals surface area contributed by atoms with E-state index < -0.39 is 23.8 Å². The van der Waals surface area contributed by atoms with Gasteiger partial charge in [0.2, 0.25) is 5.78 Å². The van der Waals surface area contributed by atoms with Crippen LogP contribution in [0.15, 0.2) is 0 Å². The molecular formula is C31H49N3O4. The van der Waals surface area contributed by atoms with Crippen molar-refractivity contribution in [2.75, 3.05) is 0 Å². The van der Waals surface area contributed by atoms with Crippen molar-refractivity contribution in [3.63, 3.8) is 0 Å². The van der Waals surface area contributed by atoms with Crippen LogP contribution in [0.25, 0.3) is 0 Å². The van der Waals surface area contributed by atoms with E-state index in [1.807, 2.05) is 0 Å². The van der Waals surface area contributed by atoms with Crippen molar-refractivity contribution in [1.29, 1.82) is 0 Å². The fourth-order valence-corrected chi connectivity index (χ4v) is 8.56. The molecule has 5 aliphatic rings. The van der Waals surface area contributed by atoms with E-state index in [1.54, 1.807) is 4.90 Å². The predicted octanol–water partition coefficient (Wildman–Crippen LogP) is 5.14. The average molecular weight is 528 g/mol. The van der Waals surface area contributed by atoms with E-state index in [0.29, 0.717) is 30.1 Å². The molecule has 0 aromatic carbocycles. The summed E-state index contributed by atoms with van der Waals surface area (Å²) >= 11 is 0. The zero-order valence-electron chi connectivity index (χ0n) is 23.6. The highest BCUT2D eigenvalue weighted by molar-refractivity contribution is 6.37. The van der Waals surface area contributed by atoms with E-state index in [4.69, 9.17) is 5.73 Å². The number of nitrogens with one attached hydrogen (secondary N) is 1. The first-order valence-electron chi connectivity index (χ1n) is 15.6. The summed E-state index contributed by atoms with van der Waals surface area (Å²) in [5.74, 6) is 0.242. The van der Waals surface area contributed by atoms with Crippen LogP contribution < -0.4 is 11.1 Å². The smallest absolute Gasteiger partial charge is 0.318 e. The number of likely N-dealkylation sites (tertiary alicyclic amines) is 1. The van der Waals surface area contributed by atoms with E-state index in [-0.39, 0.29) is 29.2 Å². The minimum Gasteiger partial charge on any atom is -0.363 e. The second kappa shape index (κ2) is 11.3. The van der Waals surface area contributed by atoms with Gasteiger partial charge in [-0.1, -0.05) is 84.5 Å². The number of carbonyl (C=O) groups is 4. The number of nitrogens with two attached hydrogens (primary N) is 1. The van der Waals surface area contributed by atoms with Crippen LogP contribution in [0.3, 0.4) is 0 Å². The maximum Gasteiger partial charge on any atom is 0.318 e. The van der Waals surface area contributed by atoms with Crippen LogP contribution in [-0.2, 0) is 14.4 Å². The summed E-state index contributed by atoms with van der Waals surface area (Å²) in [5, 5.41) is 2.90. The molecule has 0 radical (unpaired) electrons. The first-order chi connectivity index (χ1) is 18.2. The van der Waals surface area contributed by atoms with Gasteiger partial charge in [0.15, 0.2) is 5.78 Å². The van der Waals surface area contributed by atoms with Crippen molar-refractivity contribution in [2.45, 2.75) is 135 Å². The molecule has 4 aliphatic carbocycles. The standard InChI is InChI=1S/C31H49N3O4/c1-31(2)23-18-25(26(35)22(21-14-7-4-8-15-21)16-19-10-5-3-6-11-19)34(28(23)31)30(38)33-24(27(36)29(32)37)17-20-12-9-13-20/h19-25,28H,3-18H2,1-2H3,(H2,32,37)(H,33,38)/t22-,23?,24?,25?,28-/m0/s1. The second-order valence-corrected chi connectivity index (χ2v) is 13.9. The number of carbonyl (C=O) groups excluding carboxylic acids is 4. The van der Waals surface area contributed by atoms with Crippen molar-refractivity contribution < 1.29 is 19.2 Å². The normalized spacial score (nSPS) is 31.1. The lowest BCUT2D eigenvalue weighted by molar-refractivity contribution is -0.137. The minimum absolute atomic E-state index is 0.00571. The fourth-order valence-electron chi connectivity index (χ4n) is 8.56. The number of primary amides is 1. The Morgan fingerprint density at radius 2 is 1.42 bits per heavy atom. The molecule has 1 aliphatic heterocycles. The quantitative estimate of drug-likeness (QED) is 0.383. The van der Waals surface area contributed by atoms with Crippen LogP contribution in [-0.4, -0.2) is 46.5 Å². The molecule has 0 aromatic heterocycles. The monoisotopic (exact) mass is 527 g/mol. The summed E-state index contributed by atoms with van der Waals surface area (Å²) in [6.45, 7) is 4.34. The average Bonchev–Trinajstić information content (AvgIpc) is 3.21. The lowest BCUT2D eigenvalue weighted by Crippen LogP contribution is -2.56. The third-order valence-electron chi connectivity index (χ3n) is 11.2. The molecule has 0 aromatic rings. The van der Waals surface area contributed by atoms with Gasteiger partial charge < -0.3 is 16.0 Å². The van der Waals surface area contributed by atoms with E-state index >= 15 is 0 Å². The number of rotatable bonds is 10. The molecule has 5 rings (SSSR count). The second-order valence-electron chi connectivity index (χ2n) is 13.9. The third kappa shape index (κ3) is 5.54. The summed E-state index contributed by atoms with van der Waals surface area (Å²) in [6, 6.07) is -1.69. The van der Waals surface area contributed by atoms with Gasteiger partial charge in [-0.25, -0.2) is 4.79 Å². The van der Waals surface area contributed by atoms with Crippen molar-refractivity contribution in [3.8, 4) is 0 Å². The Kier molecular flexibility index (Phi) is 8.21. The molecule has 3 N–H and O–H groups in total. The lowest BCUT2D eigenvalue weighted by Gasteiger charge is -2.38. The Hall–Kier alpha value is -1.92. The number of urea groups is 1. The largest absolute Gasteiger partial charge is 0.363 e. The number of piperidine rings is 1. The van der Waals surface area contributed by atoms with Crippen LogP contribution in [0.2, 0.25) is 0 Å². The van der Waals surface area contributed by atoms with Crippen molar-refractivity contribution >= 4 is 23.5 Å². The molecule has 7 nitrogen and oxygen atoms in total. The third-order valence-corrected chi connectivity index (χ3v) is 11.2. The predicted molar refractivity (Wildman–Crippen MR) is 146 cm³/mol. The molecule has 5 fully saturated rings. The zero-order chi connectivity index (χ0) is 27.0. The van der Waals surface area contributed by atoms with E-state index in [0.717, 1.165) is 44.9 Å². The molecular weight excluding hydrogens is 478 g/mol. The number of Topliss-reactive ketones (excluding diaryl/α,β-unsaturated/α-hetero) is 2. The molecule has 0 bridgehead atoms. The number of hydrogen-bond acceptors (Lipinski definition) is 4. The van der Waals surface area contributed by atoms with Crippen LogP contribution in [0, 0.1) is 35.0 Å². The maximum atomic E-state index is 14.4. The molecule has 0 spiro atoms. The Balaban J connectivity index is 1.35. The Morgan fingerprint density at radius 3 is 2.00 bits per heavy atom. The van der Waals surface area contributed by atoms with Gasteiger partial charge in [-0.05, 0) is 61.2 Å².